The molecule has 1 aromatic heterocycles. The number of rotatable bonds is 3. The SMILES string of the molecule is Cc1ccc(NS(=O)(=O)c2cn(C)nc2N)cc1. The van der Waals surface area contributed by atoms with Crippen molar-refractivity contribution in [3.63, 3.8) is 0 Å². The van der Waals surface area contributed by atoms with Crippen molar-refractivity contribution in [3.8, 4) is 0 Å². The molecule has 0 aliphatic heterocycles. The summed E-state index contributed by atoms with van der Waals surface area (Å²) in [5.41, 5.74) is 7.10. The molecule has 0 spiro atoms. The predicted molar refractivity (Wildman–Crippen MR) is 69.6 cm³/mol. The van der Waals surface area contributed by atoms with Gasteiger partial charge in [0.05, 0.1) is 0 Å². The molecule has 0 fully saturated rings. The molecule has 2 rings (SSSR count). The van der Waals surface area contributed by atoms with E-state index >= 15 is 0 Å². The van der Waals surface area contributed by atoms with Gasteiger partial charge in [-0.2, -0.15) is 5.10 Å². The van der Waals surface area contributed by atoms with Crippen molar-refractivity contribution in [2.24, 2.45) is 7.05 Å². The van der Waals surface area contributed by atoms with Gasteiger partial charge in [-0.05, 0) is 19.1 Å². The summed E-state index contributed by atoms with van der Waals surface area (Å²) in [4.78, 5) is -0.0226. The zero-order valence-corrected chi connectivity index (χ0v) is 10.9. The highest BCUT2D eigenvalue weighted by molar-refractivity contribution is 7.92. The van der Waals surface area contributed by atoms with Gasteiger partial charge in [0, 0.05) is 18.9 Å². The summed E-state index contributed by atoms with van der Waals surface area (Å²) >= 11 is 0. The summed E-state index contributed by atoms with van der Waals surface area (Å²) in [6.45, 7) is 1.93. The Bertz CT molecular complexity index is 659. The summed E-state index contributed by atoms with van der Waals surface area (Å²) < 4.78 is 28.0. The van der Waals surface area contributed by atoms with Crippen LogP contribution in [-0.4, -0.2) is 18.2 Å². The third-order valence-electron chi connectivity index (χ3n) is 2.42. The fourth-order valence-electron chi connectivity index (χ4n) is 1.52. The van der Waals surface area contributed by atoms with Crippen molar-refractivity contribution in [2.75, 3.05) is 10.5 Å². The molecule has 0 atom stereocenters. The van der Waals surface area contributed by atoms with Crippen LogP contribution in [0, 0.1) is 6.92 Å². The Hall–Kier alpha value is -2.02. The first-order valence-electron chi connectivity index (χ1n) is 5.27. The Morgan fingerprint density at radius 3 is 2.39 bits per heavy atom. The van der Waals surface area contributed by atoms with Gasteiger partial charge in [0.2, 0.25) is 0 Å². The van der Waals surface area contributed by atoms with E-state index in [1.165, 1.54) is 10.9 Å². The van der Waals surface area contributed by atoms with Gasteiger partial charge in [-0.25, -0.2) is 8.42 Å². The Balaban J connectivity index is 2.33. The molecule has 0 amide bonds. The molecule has 3 N–H and O–H groups in total. The van der Waals surface area contributed by atoms with Crippen molar-refractivity contribution in [3.05, 3.63) is 36.0 Å². The maximum atomic E-state index is 12.1. The summed E-state index contributed by atoms with van der Waals surface area (Å²) in [6, 6.07) is 7.04. The second-order valence-corrected chi connectivity index (χ2v) is 5.67. The van der Waals surface area contributed by atoms with Crippen LogP contribution in [0.5, 0.6) is 0 Å². The number of benzene rings is 1. The molecule has 0 radical (unpaired) electrons. The first-order valence-corrected chi connectivity index (χ1v) is 6.75. The zero-order valence-electron chi connectivity index (χ0n) is 10.1. The fraction of sp³-hybridized carbons (Fsp3) is 0.182. The van der Waals surface area contributed by atoms with Gasteiger partial charge in [-0.3, -0.25) is 9.40 Å². The second kappa shape index (κ2) is 4.34. The second-order valence-electron chi connectivity index (χ2n) is 4.02. The van der Waals surface area contributed by atoms with Crippen LogP contribution in [0.25, 0.3) is 0 Å². The van der Waals surface area contributed by atoms with E-state index in [4.69, 9.17) is 5.73 Å². The van der Waals surface area contributed by atoms with Crippen LogP contribution in [0.3, 0.4) is 0 Å². The maximum absolute atomic E-state index is 12.1. The number of hydrogen-bond acceptors (Lipinski definition) is 4. The minimum atomic E-state index is -3.69. The quantitative estimate of drug-likeness (QED) is 0.870. The number of aromatic nitrogens is 2. The molecule has 7 heteroatoms. The smallest absolute Gasteiger partial charge is 0.267 e. The molecule has 0 aliphatic carbocycles. The monoisotopic (exact) mass is 266 g/mol. The highest BCUT2D eigenvalue weighted by Crippen LogP contribution is 2.20. The van der Waals surface area contributed by atoms with Gasteiger partial charge in [0.1, 0.15) is 4.90 Å². The molecule has 0 aliphatic rings. The van der Waals surface area contributed by atoms with Crippen LogP contribution in [0.2, 0.25) is 0 Å². The highest BCUT2D eigenvalue weighted by Gasteiger charge is 2.20. The molecule has 0 saturated carbocycles. The summed E-state index contributed by atoms with van der Waals surface area (Å²) in [5.74, 6) is -0.0166. The molecule has 1 heterocycles. The minimum absolute atomic E-state index is 0.0166. The largest absolute Gasteiger partial charge is 0.381 e. The van der Waals surface area contributed by atoms with Gasteiger partial charge in [0.25, 0.3) is 10.0 Å². The van der Waals surface area contributed by atoms with Crippen LogP contribution in [0.15, 0.2) is 35.4 Å². The van der Waals surface area contributed by atoms with Crippen LogP contribution in [0.1, 0.15) is 5.56 Å². The predicted octanol–water partition coefficient (Wildman–Crippen LogP) is 1.11. The number of anilines is 2. The van der Waals surface area contributed by atoms with E-state index in [1.54, 1.807) is 19.2 Å². The van der Waals surface area contributed by atoms with E-state index in [1.807, 2.05) is 19.1 Å². The molecular weight excluding hydrogens is 252 g/mol. The number of aryl methyl sites for hydroxylation is 2. The lowest BCUT2D eigenvalue weighted by atomic mass is 10.2. The van der Waals surface area contributed by atoms with Crippen molar-refractivity contribution in [2.45, 2.75) is 11.8 Å². The maximum Gasteiger partial charge on any atom is 0.267 e. The van der Waals surface area contributed by atoms with Gasteiger partial charge in [-0.15, -0.1) is 0 Å². The highest BCUT2D eigenvalue weighted by atomic mass is 32.2. The molecule has 0 unspecified atom stereocenters. The van der Waals surface area contributed by atoms with Crippen LogP contribution in [0.4, 0.5) is 11.5 Å². The number of hydrogen-bond donors (Lipinski definition) is 2. The van der Waals surface area contributed by atoms with Crippen molar-refractivity contribution in [1.82, 2.24) is 9.78 Å². The van der Waals surface area contributed by atoms with E-state index < -0.39 is 10.0 Å². The first kappa shape index (κ1) is 12.4. The zero-order chi connectivity index (χ0) is 13.3. The Labute approximate surface area is 105 Å². The first-order chi connectivity index (χ1) is 8.38. The fourth-order valence-corrected chi connectivity index (χ4v) is 2.69. The van der Waals surface area contributed by atoms with E-state index in [0.717, 1.165) is 5.56 Å². The topological polar surface area (TPSA) is 90.0 Å². The summed E-state index contributed by atoms with van der Waals surface area (Å²) in [5, 5.41) is 3.81. The third-order valence-corrected chi connectivity index (χ3v) is 3.81. The van der Waals surface area contributed by atoms with Crippen molar-refractivity contribution in [1.29, 1.82) is 0 Å². The van der Waals surface area contributed by atoms with E-state index in [9.17, 15) is 8.42 Å². The third kappa shape index (κ3) is 2.45. The van der Waals surface area contributed by atoms with Gasteiger partial charge in [0.15, 0.2) is 5.82 Å². The number of nitrogens with zero attached hydrogens (tertiary/aromatic N) is 2. The molecule has 96 valence electrons. The number of nitrogens with two attached hydrogens (primary N) is 1. The van der Waals surface area contributed by atoms with E-state index in [0.29, 0.717) is 5.69 Å². The van der Waals surface area contributed by atoms with Crippen molar-refractivity contribution < 1.29 is 8.42 Å². The van der Waals surface area contributed by atoms with E-state index in [-0.39, 0.29) is 10.7 Å². The average Bonchev–Trinajstić information content (AvgIpc) is 2.62. The van der Waals surface area contributed by atoms with Crippen LogP contribution >= 0.6 is 0 Å². The van der Waals surface area contributed by atoms with Gasteiger partial charge >= 0.3 is 0 Å². The lowest BCUT2D eigenvalue weighted by Gasteiger charge is -2.06. The molecule has 0 saturated heterocycles. The molecule has 2 aromatic rings. The van der Waals surface area contributed by atoms with Crippen LogP contribution < -0.4 is 10.5 Å². The standard InChI is InChI=1S/C11H14N4O2S/c1-8-3-5-9(6-4-8)14-18(16,17)10-7-15(2)13-11(10)12/h3-7,14H,1-2H3,(H2,12,13). The van der Waals surface area contributed by atoms with Crippen molar-refractivity contribution >= 4 is 21.5 Å². The number of sulfonamides is 1. The lowest BCUT2D eigenvalue weighted by Crippen LogP contribution is -2.13. The molecular formula is C11H14N4O2S. The minimum Gasteiger partial charge on any atom is -0.381 e. The molecule has 18 heavy (non-hydrogen) atoms. The van der Waals surface area contributed by atoms with E-state index in [2.05, 4.69) is 9.82 Å². The molecule has 6 nitrogen and oxygen atoms in total. The normalized spacial score (nSPS) is 11.4. The van der Waals surface area contributed by atoms with Gasteiger partial charge in [-0.1, -0.05) is 17.7 Å². The summed E-state index contributed by atoms with van der Waals surface area (Å²) in [7, 11) is -2.08. The Morgan fingerprint density at radius 1 is 1.28 bits per heavy atom. The Morgan fingerprint density at radius 2 is 1.89 bits per heavy atom. The van der Waals surface area contributed by atoms with Crippen LogP contribution in [-0.2, 0) is 17.1 Å². The Kier molecular flexibility index (Phi) is 3.00. The lowest BCUT2D eigenvalue weighted by molar-refractivity contribution is 0.601. The number of nitrogen functional groups attached to an aromatic ring is 1. The summed E-state index contributed by atoms with van der Waals surface area (Å²) in [6.07, 6.45) is 1.37. The number of nitrogens with one attached hydrogen (secondary N) is 1. The molecule has 0 bridgehead atoms. The average molecular weight is 266 g/mol. The molecule has 1 aromatic carbocycles. The van der Waals surface area contributed by atoms with Gasteiger partial charge < -0.3 is 5.73 Å².